The average molecular weight is 500 g/mol. The van der Waals surface area contributed by atoms with Crippen molar-refractivity contribution in [1.82, 2.24) is 9.55 Å². The van der Waals surface area contributed by atoms with E-state index in [1.165, 1.54) is 0 Å². The minimum absolute atomic E-state index is 0.147. The first kappa shape index (κ1) is 23.7. The molecule has 1 saturated carbocycles. The smallest absolute Gasteiger partial charge is 0.252 e. The zero-order chi connectivity index (χ0) is 25.4. The summed E-state index contributed by atoms with van der Waals surface area (Å²) in [5.41, 5.74) is 5.51. The standard InChI is InChI=1S/C27H25N5O3S/c1-31-24-12-11-22(15-28)30-27(24)25(14-26(31)33)32(16-18-5-6-18)23-4-2-3-21(13-23)20-9-7-19(8-10-20)17-36(29,34)35/h2-4,7-14,18H,5-6,16-17H2,1H3,(H2,29,34,35). The van der Waals surface area contributed by atoms with E-state index in [1.807, 2.05) is 30.3 Å². The monoisotopic (exact) mass is 499 g/mol. The third kappa shape index (κ3) is 5.00. The predicted molar refractivity (Wildman–Crippen MR) is 140 cm³/mol. The average Bonchev–Trinajstić information content (AvgIpc) is 3.68. The summed E-state index contributed by atoms with van der Waals surface area (Å²) in [6, 6.07) is 22.3. The fraction of sp³-hybridized carbons (Fsp3) is 0.222. The molecule has 0 bridgehead atoms. The van der Waals surface area contributed by atoms with Crippen molar-refractivity contribution in [3.05, 3.63) is 88.3 Å². The number of nitrogens with two attached hydrogens (primary N) is 1. The number of hydrogen-bond donors (Lipinski definition) is 1. The molecular formula is C27H25N5O3S. The van der Waals surface area contributed by atoms with E-state index < -0.39 is 10.0 Å². The van der Waals surface area contributed by atoms with E-state index >= 15 is 0 Å². The van der Waals surface area contributed by atoms with E-state index in [-0.39, 0.29) is 11.3 Å². The molecule has 1 fully saturated rings. The van der Waals surface area contributed by atoms with Gasteiger partial charge >= 0.3 is 0 Å². The van der Waals surface area contributed by atoms with Crippen molar-refractivity contribution in [3.63, 3.8) is 0 Å². The zero-order valence-electron chi connectivity index (χ0n) is 19.8. The lowest BCUT2D eigenvalue weighted by molar-refractivity contribution is 0.597. The Morgan fingerprint density at radius 2 is 1.83 bits per heavy atom. The molecule has 182 valence electrons. The number of hydrogen-bond acceptors (Lipinski definition) is 6. The number of benzene rings is 2. The van der Waals surface area contributed by atoms with Crippen LogP contribution in [0.1, 0.15) is 24.1 Å². The highest BCUT2D eigenvalue weighted by Gasteiger charge is 2.27. The second-order valence-electron chi connectivity index (χ2n) is 9.21. The maximum atomic E-state index is 12.9. The first-order chi connectivity index (χ1) is 17.2. The van der Waals surface area contributed by atoms with Gasteiger partial charge in [-0.2, -0.15) is 5.26 Å². The van der Waals surface area contributed by atoms with Gasteiger partial charge in [-0.3, -0.25) is 4.79 Å². The van der Waals surface area contributed by atoms with Gasteiger partial charge in [0, 0.05) is 25.3 Å². The van der Waals surface area contributed by atoms with Crippen LogP contribution in [0.4, 0.5) is 11.4 Å². The van der Waals surface area contributed by atoms with Gasteiger partial charge in [0.1, 0.15) is 17.3 Å². The Kier molecular flexibility index (Phi) is 6.08. The molecule has 8 nitrogen and oxygen atoms in total. The molecule has 0 amide bonds. The number of aryl methyl sites for hydroxylation is 1. The van der Waals surface area contributed by atoms with Crippen LogP contribution in [0, 0.1) is 17.2 Å². The van der Waals surface area contributed by atoms with Gasteiger partial charge in [-0.15, -0.1) is 0 Å². The molecule has 0 radical (unpaired) electrons. The highest BCUT2D eigenvalue weighted by Crippen LogP contribution is 2.38. The van der Waals surface area contributed by atoms with Crippen LogP contribution in [0.25, 0.3) is 22.2 Å². The molecule has 2 heterocycles. The number of rotatable bonds is 7. The molecule has 0 aliphatic heterocycles. The summed E-state index contributed by atoms with van der Waals surface area (Å²) < 4.78 is 24.4. The Hall–Kier alpha value is -4.00. The normalized spacial score (nSPS) is 13.5. The van der Waals surface area contributed by atoms with Crippen LogP contribution < -0.4 is 15.6 Å². The third-order valence-corrected chi connectivity index (χ3v) is 7.16. The van der Waals surface area contributed by atoms with Crippen LogP contribution in [-0.4, -0.2) is 24.5 Å². The van der Waals surface area contributed by atoms with Gasteiger partial charge in [0.25, 0.3) is 5.56 Å². The van der Waals surface area contributed by atoms with Crippen LogP contribution in [0.2, 0.25) is 0 Å². The van der Waals surface area contributed by atoms with Crippen molar-refractivity contribution in [1.29, 1.82) is 5.26 Å². The van der Waals surface area contributed by atoms with E-state index in [0.29, 0.717) is 33.9 Å². The Morgan fingerprint density at radius 3 is 2.50 bits per heavy atom. The molecule has 4 aromatic rings. The Bertz CT molecular complexity index is 1670. The molecule has 36 heavy (non-hydrogen) atoms. The van der Waals surface area contributed by atoms with Crippen LogP contribution >= 0.6 is 0 Å². The first-order valence-corrected chi connectivity index (χ1v) is 13.3. The lowest BCUT2D eigenvalue weighted by atomic mass is 10.0. The van der Waals surface area contributed by atoms with Gasteiger partial charge in [0.15, 0.2) is 0 Å². The van der Waals surface area contributed by atoms with Gasteiger partial charge in [0.2, 0.25) is 10.0 Å². The highest BCUT2D eigenvalue weighted by molar-refractivity contribution is 7.88. The molecule has 9 heteroatoms. The minimum Gasteiger partial charge on any atom is -0.339 e. The van der Waals surface area contributed by atoms with Crippen LogP contribution in [-0.2, 0) is 22.8 Å². The molecule has 2 aromatic carbocycles. The van der Waals surface area contributed by atoms with Crippen molar-refractivity contribution in [2.24, 2.45) is 18.1 Å². The lowest BCUT2D eigenvalue weighted by Crippen LogP contribution is -2.25. The molecule has 5 rings (SSSR count). The fourth-order valence-corrected chi connectivity index (χ4v) is 5.02. The van der Waals surface area contributed by atoms with Crippen molar-refractivity contribution in [2.45, 2.75) is 18.6 Å². The predicted octanol–water partition coefficient (Wildman–Crippen LogP) is 3.81. The topological polar surface area (TPSA) is 122 Å². The van der Waals surface area contributed by atoms with Gasteiger partial charge in [0.05, 0.1) is 17.0 Å². The Labute approximate surface area is 209 Å². The van der Waals surface area contributed by atoms with E-state index in [4.69, 9.17) is 5.14 Å². The van der Waals surface area contributed by atoms with Gasteiger partial charge in [-0.25, -0.2) is 18.5 Å². The van der Waals surface area contributed by atoms with Crippen molar-refractivity contribution in [3.8, 4) is 17.2 Å². The number of nitrogens with zero attached hydrogens (tertiary/aromatic N) is 4. The van der Waals surface area contributed by atoms with Crippen molar-refractivity contribution < 1.29 is 8.42 Å². The van der Waals surface area contributed by atoms with E-state index in [0.717, 1.165) is 36.2 Å². The fourth-order valence-electron chi connectivity index (χ4n) is 4.36. The second-order valence-corrected chi connectivity index (χ2v) is 10.8. The number of sulfonamides is 1. The summed E-state index contributed by atoms with van der Waals surface area (Å²) in [5.74, 6) is 0.306. The number of aromatic nitrogens is 2. The first-order valence-electron chi connectivity index (χ1n) is 11.6. The van der Waals surface area contributed by atoms with Crippen LogP contribution in [0.15, 0.2) is 71.5 Å². The molecule has 1 aliphatic rings. The second kappa shape index (κ2) is 9.22. The van der Waals surface area contributed by atoms with Gasteiger partial charge < -0.3 is 9.47 Å². The van der Waals surface area contributed by atoms with Gasteiger partial charge in [-0.05, 0) is 59.7 Å². The summed E-state index contributed by atoms with van der Waals surface area (Å²) in [7, 11) is -1.90. The summed E-state index contributed by atoms with van der Waals surface area (Å²) in [5, 5.41) is 14.6. The summed E-state index contributed by atoms with van der Waals surface area (Å²) in [6.45, 7) is 0.734. The molecular weight excluding hydrogens is 474 g/mol. The Morgan fingerprint density at radius 1 is 1.08 bits per heavy atom. The number of anilines is 2. The summed E-state index contributed by atoms with van der Waals surface area (Å²) in [6.07, 6.45) is 2.25. The highest BCUT2D eigenvalue weighted by atomic mass is 32.2. The maximum absolute atomic E-state index is 12.9. The molecule has 2 aromatic heterocycles. The molecule has 0 atom stereocenters. The number of pyridine rings is 2. The van der Waals surface area contributed by atoms with Gasteiger partial charge in [-0.1, -0.05) is 36.4 Å². The van der Waals surface area contributed by atoms with Crippen molar-refractivity contribution in [2.75, 3.05) is 11.4 Å². The van der Waals surface area contributed by atoms with Crippen LogP contribution in [0.5, 0.6) is 0 Å². The summed E-state index contributed by atoms with van der Waals surface area (Å²) in [4.78, 5) is 19.5. The van der Waals surface area contributed by atoms with Crippen LogP contribution in [0.3, 0.4) is 0 Å². The molecule has 0 spiro atoms. The number of fused-ring (bicyclic) bond motifs is 1. The minimum atomic E-state index is -3.60. The maximum Gasteiger partial charge on any atom is 0.252 e. The molecule has 1 aliphatic carbocycles. The third-order valence-electron chi connectivity index (χ3n) is 6.42. The van der Waals surface area contributed by atoms with Crippen molar-refractivity contribution >= 4 is 32.4 Å². The molecule has 2 N–H and O–H groups in total. The van der Waals surface area contributed by atoms with E-state index in [2.05, 4.69) is 22.0 Å². The Balaban J connectivity index is 1.60. The largest absolute Gasteiger partial charge is 0.339 e. The van der Waals surface area contributed by atoms with E-state index in [9.17, 15) is 18.5 Å². The number of nitriles is 1. The zero-order valence-corrected chi connectivity index (χ0v) is 20.6. The molecule has 0 unspecified atom stereocenters. The molecule has 0 saturated heterocycles. The lowest BCUT2D eigenvalue weighted by Gasteiger charge is -2.27. The summed E-state index contributed by atoms with van der Waals surface area (Å²) >= 11 is 0. The SMILES string of the molecule is Cn1c(=O)cc(N(CC2CC2)c2cccc(-c3ccc(CS(N)(=O)=O)cc3)c2)c2nc(C#N)ccc21. The quantitative estimate of drug-likeness (QED) is 0.413. The van der Waals surface area contributed by atoms with E-state index in [1.54, 1.807) is 41.9 Å². The number of primary sulfonamides is 1.